The molecule has 0 radical (unpaired) electrons. The van der Waals surface area contributed by atoms with Crippen molar-refractivity contribution in [1.29, 1.82) is 0 Å². The predicted octanol–water partition coefficient (Wildman–Crippen LogP) is 2.53. The molecule has 166 valence electrons. The van der Waals surface area contributed by atoms with Crippen molar-refractivity contribution in [2.24, 2.45) is 0 Å². The highest BCUT2D eigenvalue weighted by atomic mass is 16.7. The molecule has 0 aromatic heterocycles. The van der Waals surface area contributed by atoms with Crippen LogP contribution in [0.15, 0.2) is 42.5 Å². The zero-order valence-corrected chi connectivity index (χ0v) is 19.2. The Morgan fingerprint density at radius 3 is 2.38 bits per heavy atom. The lowest BCUT2D eigenvalue weighted by Crippen LogP contribution is -2.42. The molecule has 0 saturated carbocycles. The van der Waals surface area contributed by atoms with Crippen LogP contribution in [-0.4, -0.2) is 53.0 Å². The number of fused-ring (bicyclic) bond motifs is 2. The number of benzene rings is 2. The third-order valence-electron chi connectivity index (χ3n) is 7.35. The molecule has 0 aliphatic carbocycles. The zero-order valence-electron chi connectivity index (χ0n) is 19.2. The Bertz CT molecular complexity index is 1080. The molecule has 2 aromatic carbocycles. The fraction of sp³-hybridized carbons (Fsp3) is 0.440. The van der Waals surface area contributed by atoms with Gasteiger partial charge in [0.05, 0.1) is 11.2 Å². The number of nitrogens with zero attached hydrogens (tertiary/aromatic N) is 2. The standard InChI is InChI=1S/C25H29BN2O4/c1-24(2)25(3,4)32-26(31-24)20-10-9-19-15-28(23(30)21(19)13-20)16-22(29)27-12-11-17-7-5-6-8-18(17)14-27/h5-10,13H,11-12,14-16H2,1-4H3. The maximum absolute atomic E-state index is 13.1. The second-order valence-corrected chi connectivity index (χ2v) is 10.0. The molecule has 0 atom stereocenters. The first-order valence-electron chi connectivity index (χ1n) is 11.3. The van der Waals surface area contributed by atoms with Gasteiger partial charge in [0.25, 0.3) is 5.91 Å². The van der Waals surface area contributed by atoms with Gasteiger partial charge in [0.2, 0.25) is 5.91 Å². The molecule has 1 saturated heterocycles. The van der Waals surface area contributed by atoms with Crippen LogP contribution in [0.3, 0.4) is 0 Å². The van der Waals surface area contributed by atoms with Crippen LogP contribution in [0.2, 0.25) is 0 Å². The molecular weight excluding hydrogens is 403 g/mol. The Balaban J connectivity index is 1.28. The summed E-state index contributed by atoms with van der Waals surface area (Å²) in [6.07, 6.45) is 0.855. The molecule has 6 nitrogen and oxygen atoms in total. The van der Waals surface area contributed by atoms with E-state index in [0.29, 0.717) is 25.2 Å². The van der Waals surface area contributed by atoms with Gasteiger partial charge in [-0.05, 0) is 62.3 Å². The highest BCUT2D eigenvalue weighted by molar-refractivity contribution is 6.62. The van der Waals surface area contributed by atoms with Gasteiger partial charge in [-0.25, -0.2) is 0 Å². The summed E-state index contributed by atoms with van der Waals surface area (Å²) in [6.45, 7) is 9.90. The van der Waals surface area contributed by atoms with E-state index in [4.69, 9.17) is 9.31 Å². The summed E-state index contributed by atoms with van der Waals surface area (Å²) in [6, 6.07) is 14.0. The van der Waals surface area contributed by atoms with Gasteiger partial charge in [-0.2, -0.15) is 0 Å². The molecule has 7 heteroatoms. The molecular formula is C25H29BN2O4. The van der Waals surface area contributed by atoms with Crippen LogP contribution in [-0.2, 0) is 33.6 Å². The first-order valence-corrected chi connectivity index (χ1v) is 11.3. The van der Waals surface area contributed by atoms with Crippen LogP contribution in [0.5, 0.6) is 0 Å². The van der Waals surface area contributed by atoms with Gasteiger partial charge >= 0.3 is 7.12 Å². The van der Waals surface area contributed by atoms with Crippen molar-refractivity contribution in [3.63, 3.8) is 0 Å². The third kappa shape index (κ3) is 3.53. The molecule has 3 aliphatic rings. The second kappa shape index (κ2) is 7.46. The Labute approximate surface area is 189 Å². The molecule has 2 aromatic rings. The highest BCUT2D eigenvalue weighted by Gasteiger charge is 2.52. The SMILES string of the molecule is CC1(C)OB(c2ccc3c(c2)C(=O)N(CC(=O)N2CCc4ccccc4C2)C3)OC1(C)C. The van der Waals surface area contributed by atoms with Crippen molar-refractivity contribution in [2.45, 2.75) is 58.4 Å². The van der Waals surface area contributed by atoms with Gasteiger partial charge in [0.1, 0.15) is 6.54 Å². The second-order valence-electron chi connectivity index (χ2n) is 10.0. The maximum atomic E-state index is 13.1. The average molecular weight is 432 g/mol. The Hall–Kier alpha value is -2.64. The van der Waals surface area contributed by atoms with Crippen LogP contribution in [0.25, 0.3) is 0 Å². The topological polar surface area (TPSA) is 59.1 Å². The summed E-state index contributed by atoms with van der Waals surface area (Å²) in [4.78, 5) is 29.6. The predicted molar refractivity (Wildman–Crippen MR) is 122 cm³/mol. The molecule has 1 fully saturated rings. The lowest BCUT2D eigenvalue weighted by Gasteiger charge is -2.32. The molecule has 0 N–H and O–H groups in total. The van der Waals surface area contributed by atoms with Crippen molar-refractivity contribution in [3.8, 4) is 0 Å². The number of rotatable bonds is 3. The number of hydrogen-bond donors (Lipinski definition) is 0. The van der Waals surface area contributed by atoms with E-state index in [-0.39, 0.29) is 18.4 Å². The monoisotopic (exact) mass is 432 g/mol. The lowest BCUT2D eigenvalue weighted by atomic mass is 9.78. The Kier molecular flexibility index (Phi) is 4.95. The summed E-state index contributed by atoms with van der Waals surface area (Å²) in [5.74, 6) is -0.115. The lowest BCUT2D eigenvalue weighted by molar-refractivity contribution is -0.132. The molecule has 0 unspecified atom stereocenters. The van der Waals surface area contributed by atoms with Crippen LogP contribution in [0.1, 0.15) is 54.7 Å². The van der Waals surface area contributed by atoms with Crippen LogP contribution >= 0.6 is 0 Å². The van der Waals surface area contributed by atoms with E-state index in [1.165, 1.54) is 11.1 Å². The van der Waals surface area contributed by atoms with Crippen molar-refractivity contribution in [2.75, 3.05) is 13.1 Å². The minimum Gasteiger partial charge on any atom is -0.399 e. The van der Waals surface area contributed by atoms with Gasteiger partial charge in [-0.15, -0.1) is 0 Å². The van der Waals surface area contributed by atoms with Gasteiger partial charge in [0.15, 0.2) is 0 Å². The van der Waals surface area contributed by atoms with Crippen molar-refractivity contribution in [3.05, 3.63) is 64.7 Å². The number of carbonyl (C=O) groups excluding carboxylic acids is 2. The smallest absolute Gasteiger partial charge is 0.399 e. The minimum atomic E-state index is -0.512. The summed E-state index contributed by atoms with van der Waals surface area (Å²) in [5.41, 5.74) is 4.02. The first-order chi connectivity index (χ1) is 15.1. The summed E-state index contributed by atoms with van der Waals surface area (Å²) in [5, 5.41) is 0. The van der Waals surface area contributed by atoms with Gasteiger partial charge < -0.3 is 19.1 Å². The van der Waals surface area contributed by atoms with E-state index in [0.717, 1.165) is 17.4 Å². The maximum Gasteiger partial charge on any atom is 0.494 e. The fourth-order valence-corrected chi connectivity index (χ4v) is 4.60. The molecule has 3 heterocycles. The summed E-state index contributed by atoms with van der Waals surface area (Å²) < 4.78 is 12.3. The highest BCUT2D eigenvalue weighted by Crippen LogP contribution is 2.36. The molecule has 3 aliphatic heterocycles. The normalized spacial score (nSPS) is 21.0. The minimum absolute atomic E-state index is 0.00755. The van der Waals surface area contributed by atoms with E-state index in [1.807, 2.05) is 62.9 Å². The van der Waals surface area contributed by atoms with Crippen molar-refractivity contribution < 1.29 is 18.9 Å². The Morgan fingerprint density at radius 2 is 1.66 bits per heavy atom. The quantitative estimate of drug-likeness (QED) is 0.700. The number of hydrogen-bond acceptors (Lipinski definition) is 4. The van der Waals surface area contributed by atoms with Crippen molar-refractivity contribution >= 4 is 24.4 Å². The summed E-state index contributed by atoms with van der Waals surface area (Å²) in [7, 11) is -0.512. The zero-order chi connectivity index (χ0) is 22.7. The molecule has 2 amide bonds. The van der Waals surface area contributed by atoms with E-state index < -0.39 is 18.3 Å². The number of carbonyl (C=O) groups is 2. The summed E-state index contributed by atoms with van der Waals surface area (Å²) >= 11 is 0. The Morgan fingerprint density at radius 1 is 0.969 bits per heavy atom. The number of amides is 2. The fourth-order valence-electron chi connectivity index (χ4n) is 4.60. The van der Waals surface area contributed by atoms with E-state index in [9.17, 15) is 9.59 Å². The molecule has 32 heavy (non-hydrogen) atoms. The first kappa shape index (κ1) is 21.2. The largest absolute Gasteiger partial charge is 0.494 e. The third-order valence-corrected chi connectivity index (χ3v) is 7.35. The van der Waals surface area contributed by atoms with Gasteiger partial charge in [0, 0.05) is 25.2 Å². The van der Waals surface area contributed by atoms with Gasteiger partial charge in [-0.3, -0.25) is 9.59 Å². The van der Waals surface area contributed by atoms with E-state index >= 15 is 0 Å². The molecule has 0 bridgehead atoms. The van der Waals surface area contributed by atoms with Crippen LogP contribution in [0, 0.1) is 0 Å². The average Bonchev–Trinajstić information content (AvgIpc) is 3.18. The van der Waals surface area contributed by atoms with E-state index in [2.05, 4.69) is 12.1 Å². The molecule has 5 rings (SSSR count). The van der Waals surface area contributed by atoms with Crippen LogP contribution in [0.4, 0.5) is 0 Å². The van der Waals surface area contributed by atoms with Crippen LogP contribution < -0.4 is 5.46 Å². The van der Waals surface area contributed by atoms with Crippen molar-refractivity contribution in [1.82, 2.24) is 9.80 Å². The van der Waals surface area contributed by atoms with E-state index in [1.54, 1.807) is 4.90 Å². The molecule has 0 spiro atoms. The van der Waals surface area contributed by atoms with Gasteiger partial charge in [-0.1, -0.05) is 36.4 Å².